The number of anilines is 2. The largest absolute Gasteiger partial charge is 0.390 e. The Hall–Kier alpha value is -6.12. The maximum absolute atomic E-state index is 5.02. The summed E-state index contributed by atoms with van der Waals surface area (Å²) in [5, 5.41) is 22.4. The van der Waals surface area contributed by atoms with Crippen LogP contribution >= 0.6 is 0 Å². The number of likely N-dealkylation sites (N-methyl/N-ethyl adjacent to an activating group) is 1. The summed E-state index contributed by atoms with van der Waals surface area (Å²) in [6.45, 7) is 37.3. The molecule has 8 nitrogen and oxygen atoms in total. The minimum Gasteiger partial charge on any atom is -0.390 e. The summed E-state index contributed by atoms with van der Waals surface area (Å²) in [6, 6.07) is 25.0. The highest BCUT2D eigenvalue weighted by Gasteiger charge is 2.38. The summed E-state index contributed by atoms with van der Waals surface area (Å²) in [5.41, 5.74) is 12.7. The molecule has 0 spiro atoms. The number of aromatic nitrogens is 3. The molecule has 2 atom stereocenters. The second kappa shape index (κ2) is 36.1. The molecule has 0 bridgehead atoms. The number of H-pyrrole nitrogens is 1. The smallest absolute Gasteiger partial charge is 0.181 e. The molecule has 77 heavy (non-hydrogen) atoms. The number of allylic oxidation sites excluding steroid dienone is 8. The molecule has 2 unspecified atom stereocenters. The molecule has 2 aliphatic heterocycles. The van der Waals surface area contributed by atoms with Crippen LogP contribution in [0.4, 0.5) is 11.4 Å². The Morgan fingerprint density at radius 1 is 0.792 bits per heavy atom. The van der Waals surface area contributed by atoms with Crippen LogP contribution in [-0.2, 0) is 18.5 Å². The molecule has 3 heterocycles. The lowest BCUT2D eigenvalue weighted by Gasteiger charge is -2.37. The molecule has 2 aliphatic rings. The van der Waals surface area contributed by atoms with Crippen molar-refractivity contribution in [2.24, 2.45) is 0 Å². The lowest BCUT2D eigenvalue weighted by molar-refractivity contribution is 0.312. The summed E-state index contributed by atoms with van der Waals surface area (Å²) in [7, 11) is 1.95. The van der Waals surface area contributed by atoms with Gasteiger partial charge in [0.25, 0.3) is 0 Å². The van der Waals surface area contributed by atoms with Crippen molar-refractivity contribution in [2.75, 3.05) is 30.8 Å². The fourth-order valence-corrected chi connectivity index (χ4v) is 10.8. The number of nitrogens with zero attached hydrogens (tertiary/aromatic N) is 3. The minimum absolute atomic E-state index is 0.180. The van der Waals surface area contributed by atoms with Gasteiger partial charge in [0.05, 0.1) is 11.6 Å². The van der Waals surface area contributed by atoms with Gasteiger partial charge in [-0.15, -0.1) is 13.2 Å². The average Bonchev–Trinajstić information content (AvgIpc) is 4.10. The first-order valence-corrected chi connectivity index (χ1v) is 29.7. The molecule has 8 heteroatoms. The molecular weight excluding hydrogens is 941 g/mol. The Morgan fingerprint density at radius 3 is 2.00 bits per heavy atom. The van der Waals surface area contributed by atoms with E-state index in [1.165, 1.54) is 124 Å². The van der Waals surface area contributed by atoms with Gasteiger partial charge in [0.2, 0.25) is 0 Å². The summed E-state index contributed by atoms with van der Waals surface area (Å²) in [6.07, 6.45) is 37.5. The molecule has 6 rings (SSSR count). The number of unbranched alkanes of at least 4 members (excludes halogenated alkanes) is 14. The van der Waals surface area contributed by atoms with Gasteiger partial charge in [0.1, 0.15) is 0 Å². The summed E-state index contributed by atoms with van der Waals surface area (Å²) in [4.78, 5) is 7.41. The number of aryl methyl sites for hydroxylation is 1. The number of hydrogen-bond donors (Lipinski definition) is 5. The van der Waals surface area contributed by atoms with E-state index in [-0.39, 0.29) is 11.6 Å². The fourth-order valence-electron chi connectivity index (χ4n) is 10.8. The van der Waals surface area contributed by atoms with Crippen LogP contribution in [0, 0.1) is 0 Å². The van der Waals surface area contributed by atoms with Crippen molar-refractivity contribution in [2.45, 2.75) is 193 Å². The molecular formula is C69H102N8. The van der Waals surface area contributed by atoms with E-state index in [4.69, 9.17) is 4.98 Å². The van der Waals surface area contributed by atoms with Crippen LogP contribution in [0.3, 0.4) is 0 Å². The molecule has 418 valence electrons. The van der Waals surface area contributed by atoms with Crippen molar-refractivity contribution in [3.05, 3.63) is 194 Å². The molecule has 0 radical (unpaired) electrons. The Kier molecular flexibility index (Phi) is 29.7. The molecule has 3 aromatic carbocycles. The maximum atomic E-state index is 5.02. The van der Waals surface area contributed by atoms with Gasteiger partial charge in [-0.25, -0.2) is 4.98 Å². The van der Waals surface area contributed by atoms with Gasteiger partial charge in [-0.3, -0.25) is 5.10 Å². The van der Waals surface area contributed by atoms with Crippen LogP contribution < -0.4 is 21.3 Å². The van der Waals surface area contributed by atoms with Gasteiger partial charge in [0, 0.05) is 64.7 Å². The highest BCUT2D eigenvalue weighted by Crippen LogP contribution is 2.40. The van der Waals surface area contributed by atoms with Crippen LogP contribution in [0.1, 0.15) is 208 Å². The molecule has 0 aliphatic carbocycles. The standard InChI is InChI=1S/C64H90N8.C3H6.C2H6/c1-9-12-41-61(51(6)65-8)72-48-59-58(52(72)7)39-30-40-60(59)67-49(4)33-26-24-22-20-18-16-14-13-15-17-19-21-23-25-27-34-53-35-28-36-55(46-53)50(5)56-37-29-38-57(47-56)69-64(42-44-66-45-43-64)63-68-62(70-71-63)54(31-10-2)32-11-3;1-3-2;1-2/h9-11,28-32,35-40,46-47,50,61,65-67,69H,1-2,4,6-7,12-27,33-34,41-45,48H2,3,5,8H3,(H,68,70,71);3H,1H2,2H3;1-2H3/b32-11-,54-31+;;. The zero-order chi connectivity index (χ0) is 55.7. The van der Waals surface area contributed by atoms with Gasteiger partial charge >= 0.3 is 0 Å². The SMILES string of the molecule is C=C/C=C(\C=C/C)c1n[nH]c(C2(Nc3cccc(C(C)c4cccc(CCCCCCCCCCCCCCCCCC(=C)Nc5cccc6c5CN(C(CCC=C)C(=C)NC)C6=C)c4)c3)CCNCC2)n1.C=CC.CC. The van der Waals surface area contributed by atoms with Gasteiger partial charge < -0.3 is 26.2 Å². The molecule has 4 aromatic rings. The molecule has 0 saturated carbocycles. The van der Waals surface area contributed by atoms with Crippen LogP contribution in [-0.4, -0.2) is 46.3 Å². The Labute approximate surface area is 469 Å². The quantitative estimate of drug-likeness (QED) is 0.0181. The van der Waals surface area contributed by atoms with E-state index >= 15 is 0 Å². The van der Waals surface area contributed by atoms with Crippen LogP contribution in [0.5, 0.6) is 0 Å². The maximum Gasteiger partial charge on any atom is 0.181 e. The van der Waals surface area contributed by atoms with Crippen molar-refractivity contribution in [1.82, 2.24) is 30.7 Å². The fraction of sp³-hybridized carbons (Fsp3) is 0.478. The van der Waals surface area contributed by atoms with Crippen molar-refractivity contribution < 1.29 is 0 Å². The molecule has 5 N–H and O–H groups in total. The predicted octanol–water partition coefficient (Wildman–Crippen LogP) is 18.3. The first-order chi connectivity index (χ1) is 37.6. The summed E-state index contributed by atoms with van der Waals surface area (Å²) >= 11 is 0. The number of rotatable bonds is 34. The van der Waals surface area contributed by atoms with Crippen molar-refractivity contribution in [3.63, 3.8) is 0 Å². The first kappa shape index (κ1) is 63.4. The molecule has 1 aromatic heterocycles. The lowest BCUT2D eigenvalue weighted by atomic mass is 9.86. The number of benzene rings is 3. The number of aromatic amines is 1. The topological polar surface area (TPSA) is 92.9 Å². The Morgan fingerprint density at radius 2 is 1.39 bits per heavy atom. The third-order valence-corrected chi connectivity index (χ3v) is 15.2. The van der Waals surface area contributed by atoms with Gasteiger partial charge in [-0.2, -0.15) is 5.10 Å². The van der Waals surface area contributed by atoms with E-state index in [2.05, 4.69) is 149 Å². The van der Waals surface area contributed by atoms with E-state index < -0.39 is 0 Å². The van der Waals surface area contributed by atoms with E-state index in [1.54, 1.807) is 12.2 Å². The Balaban J connectivity index is 0.00000247. The zero-order valence-corrected chi connectivity index (χ0v) is 49.0. The number of hydrogen-bond acceptors (Lipinski definition) is 7. The third kappa shape index (κ3) is 20.3. The van der Waals surface area contributed by atoms with Crippen LogP contribution in [0.15, 0.2) is 154 Å². The van der Waals surface area contributed by atoms with Crippen LogP contribution in [0.2, 0.25) is 0 Å². The number of fused-ring (bicyclic) bond motifs is 1. The number of nitrogens with one attached hydrogen (secondary N) is 5. The summed E-state index contributed by atoms with van der Waals surface area (Å²) in [5.74, 6) is 1.86. The van der Waals surface area contributed by atoms with Gasteiger partial charge in [-0.05, 0) is 113 Å². The first-order valence-electron chi connectivity index (χ1n) is 29.7. The lowest BCUT2D eigenvalue weighted by Crippen LogP contribution is -2.46. The minimum atomic E-state index is -0.335. The van der Waals surface area contributed by atoms with Crippen molar-refractivity contribution >= 4 is 22.6 Å². The van der Waals surface area contributed by atoms with E-state index in [0.29, 0.717) is 11.7 Å². The van der Waals surface area contributed by atoms with E-state index in [0.717, 1.165) is 98.0 Å². The predicted molar refractivity (Wildman–Crippen MR) is 337 cm³/mol. The molecule has 1 saturated heterocycles. The molecule has 1 fully saturated rings. The zero-order valence-electron chi connectivity index (χ0n) is 49.0. The van der Waals surface area contributed by atoms with E-state index in [9.17, 15) is 0 Å². The van der Waals surface area contributed by atoms with Gasteiger partial charge in [0.15, 0.2) is 11.6 Å². The van der Waals surface area contributed by atoms with Crippen LogP contribution in [0.25, 0.3) is 11.3 Å². The van der Waals surface area contributed by atoms with Crippen molar-refractivity contribution in [1.29, 1.82) is 0 Å². The third-order valence-electron chi connectivity index (χ3n) is 15.2. The van der Waals surface area contributed by atoms with Gasteiger partial charge in [-0.1, -0.05) is 216 Å². The monoisotopic (exact) mass is 1040 g/mol. The summed E-state index contributed by atoms with van der Waals surface area (Å²) < 4.78 is 0. The highest BCUT2D eigenvalue weighted by molar-refractivity contribution is 5.76. The molecule has 0 amide bonds. The van der Waals surface area contributed by atoms with Crippen molar-refractivity contribution in [3.8, 4) is 0 Å². The second-order valence-corrected chi connectivity index (χ2v) is 20.9. The second-order valence-electron chi connectivity index (χ2n) is 20.9. The normalized spacial score (nSPS) is 14.5. The number of piperidine rings is 1. The van der Waals surface area contributed by atoms with E-state index in [1.807, 2.05) is 59.0 Å². The highest BCUT2D eigenvalue weighted by atomic mass is 15.3. The Bertz CT molecular complexity index is 2460. The average molecular weight is 1040 g/mol.